The van der Waals surface area contributed by atoms with Crippen molar-refractivity contribution < 1.29 is 4.79 Å². The van der Waals surface area contributed by atoms with Crippen molar-refractivity contribution in [3.63, 3.8) is 0 Å². The van der Waals surface area contributed by atoms with Gasteiger partial charge in [-0.15, -0.1) is 0 Å². The van der Waals surface area contributed by atoms with Gasteiger partial charge in [0.2, 0.25) is 0 Å². The summed E-state index contributed by atoms with van der Waals surface area (Å²) in [6, 6.07) is 15.5. The first-order valence-corrected chi connectivity index (χ1v) is 9.53. The molecule has 0 saturated carbocycles. The molecule has 1 amide bonds. The minimum absolute atomic E-state index is 0.165. The molecule has 0 unspecified atom stereocenters. The highest BCUT2D eigenvalue weighted by Gasteiger charge is 2.12. The molecule has 3 heterocycles. The minimum atomic E-state index is -0.165. The summed E-state index contributed by atoms with van der Waals surface area (Å²) in [6.07, 6.45) is 7.60. The predicted octanol–water partition coefficient (Wildman–Crippen LogP) is 3.94. The van der Waals surface area contributed by atoms with Crippen molar-refractivity contribution >= 4 is 23.1 Å². The third-order valence-electron chi connectivity index (χ3n) is 4.85. The van der Waals surface area contributed by atoms with E-state index >= 15 is 0 Å². The van der Waals surface area contributed by atoms with Gasteiger partial charge in [0.1, 0.15) is 5.82 Å². The normalized spacial score (nSPS) is 13.4. The number of carbonyl (C=O) groups excluding carboxylic acids is 1. The molecular weight excluding hydrogens is 350 g/mol. The van der Waals surface area contributed by atoms with Gasteiger partial charge in [0, 0.05) is 49.6 Å². The van der Waals surface area contributed by atoms with E-state index < -0.39 is 0 Å². The molecule has 1 aliphatic heterocycles. The lowest BCUT2D eigenvalue weighted by atomic mass is 10.2. The van der Waals surface area contributed by atoms with Crippen LogP contribution in [0.3, 0.4) is 0 Å². The second kappa shape index (κ2) is 8.52. The number of pyridine rings is 2. The molecular formula is C22H23N5O. The summed E-state index contributed by atoms with van der Waals surface area (Å²) in [5, 5.41) is 6.16. The molecule has 1 saturated heterocycles. The number of nitrogens with zero attached hydrogens (tertiary/aromatic N) is 3. The molecule has 0 atom stereocenters. The van der Waals surface area contributed by atoms with E-state index in [4.69, 9.17) is 0 Å². The third kappa shape index (κ3) is 4.46. The summed E-state index contributed by atoms with van der Waals surface area (Å²) < 4.78 is 0. The van der Waals surface area contributed by atoms with Crippen LogP contribution in [0, 0.1) is 0 Å². The van der Waals surface area contributed by atoms with Crippen LogP contribution < -0.4 is 15.5 Å². The highest BCUT2D eigenvalue weighted by molar-refractivity contribution is 6.04. The standard InChI is InChI=1S/C22H23N5O/c28-22(26-19-4-6-20(7-5-19)27-13-1-2-14-27)18-3-8-21(25-16-18)24-15-17-9-11-23-12-10-17/h3-12,16H,1-2,13-15H2,(H,24,25)(H,26,28). The number of anilines is 3. The maximum Gasteiger partial charge on any atom is 0.257 e. The molecule has 2 N–H and O–H groups in total. The van der Waals surface area contributed by atoms with Crippen LogP contribution in [0.15, 0.2) is 67.1 Å². The van der Waals surface area contributed by atoms with Gasteiger partial charge in [0.15, 0.2) is 0 Å². The van der Waals surface area contributed by atoms with Crippen LogP contribution in [0.25, 0.3) is 0 Å². The Kier molecular flexibility index (Phi) is 5.47. The SMILES string of the molecule is O=C(Nc1ccc(N2CCCC2)cc1)c1ccc(NCc2ccncc2)nc1. The zero-order valence-electron chi connectivity index (χ0n) is 15.6. The first kappa shape index (κ1) is 18.0. The summed E-state index contributed by atoms with van der Waals surface area (Å²) in [5.41, 5.74) is 3.64. The van der Waals surface area contributed by atoms with Gasteiger partial charge in [-0.3, -0.25) is 9.78 Å². The summed E-state index contributed by atoms with van der Waals surface area (Å²) in [7, 11) is 0. The molecule has 28 heavy (non-hydrogen) atoms. The molecule has 142 valence electrons. The van der Waals surface area contributed by atoms with E-state index in [0.717, 1.165) is 30.2 Å². The van der Waals surface area contributed by atoms with E-state index in [0.29, 0.717) is 12.1 Å². The van der Waals surface area contributed by atoms with Crippen LogP contribution in [-0.2, 0) is 6.54 Å². The van der Waals surface area contributed by atoms with Crippen molar-refractivity contribution in [2.45, 2.75) is 19.4 Å². The van der Waals surface area contributed by atoms with Crippen LogP contribution in [0.1, 0.15) is 28.8 Å². The Labute approximate surface area is 164 Å². The maximum atomic E-state index is 12.5. The number of benzene rings is 1. The summed E-state index contributed by atoms with van der Waals surface area (Å²) in [5.74, 6) is 0.561. The van der Waals surface area contributed by atoms with Gasteiger partial charge in [-0.1, -0.05) is 0 Å². The first-order chi connectivity index (χ1) is 13.8. The van der Waals surface area contributed by atoms with Crippen molar-refractivity contribution in [1.82, 2.24) is 9.97 Å². The molecule has 1 aromatic carbocycles. The average molecular weight is 373 g/mol. The number of nitrogens with one attached hydrogen (secondary N) is 2. The van der Waals surface area contributed by atoms with Crippen molar-refractivity contribution in [1.29, 1.82) is 0 Å². The number of hydrogen-bond donors (Lipinski definition) is 2. The van der Waals surface area contributed by atoms with E-state index in [9.17, 15) is 4.79 Å². The van der Waals surface area contributed by atoms with Crippen LogP contribution in [-0.4, -0.2) is 29.0 Å². The van der Waals surface area contributed by atoms with Crippen molar-refractivity contribution in [2.24, 2.45) is 0 Å². The number of carbonyl (C=O) groups is 1. The molecule has 1 aliphatic rings. The maximum absolute atomic E-state index is 12.5. The minimum Gasteiger partial charge on any atom is -0.372 e. The number of aromatic nitrogens is 2. The topological polar surface area (TPSA) is 70.2 Å². The van der Waals surface area contributed by atoms with Crippen molar-refractivity contribution in [2.75, 3.05) is 28.6 Å². The average Bonchev–Trinajstić information content (AvgIpc) is 3.29. The molecule has 6 nitrogen and oxygen atoms in total. The summed E-state index contributed by atoms with van der Waals surface area (Å²) >= 11 is 0. The quantitative estimate of drug-likeness (QED) is 0.685. The van der Waals surface area contributed by atoms with E-state index in [-0.39, 0.29) is 5.91 Å². The Morgan fingerprint density at radius 2 is 1.71 bits per heavy atom. The Morgan fingerprint density at radius 3 is 2.39 bits per heavy atom. The molecule has 1 fully saturated rings. The first-order valence-electron chi connectivity index (χ1n) is 9.53. The number of rotatable bonds is 6. The Hall–Kier alpha value is -3.41. The molecule has 0 spiro atoms. The van der Waals surface area contributed by atoms with Gasteiger partial charge in [-0.2, -0.15) is 0 Å². The molecule has 0 radical (unpaired) electrons. The van der Waals surface area contributed by atoms with Gasteiger partial charge in [-0.25, -0.2) is 4.98 Å². The largest absolute Gasteiger partial charge is 0.372 e. The molecule has 0 bridgehead atoms. The highest BCUT2D eigenvalue weighted by Crippen LogP contribution is 2.22. The number of hydrogen-bond acceptors (Lipinski definition) is 5. The van der Waals surface area contributed by atoms with E-state index in [1.54, 1.807) is 24.7 Å². The summed E-state index contributed by atoms with van der Waals surface area (Å²) in [4.78, 5) is 23.2. The zero-order chi connectivity index (χ0) is 19.2. The zero-order valence-corrected chi connectivity index (χ0v) is 15.6. The lowest BCUT2D eigenvalue weighted by molar-refractivity contribution is 0.102. The third-order valence-corrected chi connectivity index (χ3v) is 4.85. The van der Waals surface area contributed by atoms with E-state index in [1.165, 1.54) is 18.5 Å². The fourth-order valence-corrected chi connectivity index (χ4v) is 3.26. The fourth-order valence-electron chi connectivity index (χ4n) is 3.26. The van der Waals surface area contributed by atoms with Gasteiger partial charge >= 0.3 is 0 Å². The second-order valence-corrected chi connectivity index (χ2v) is 6.84. The predicted molar refractivity (Wildman–Crippen MR) is 112 cm³/mol. The van der Waals surface area contributed by atoms with Gasteiger partial charge < -0.3 is 15.5 Å². The van der Waals surface area contributed by atoms with Gasteiger partial charge in [0.05, 0.1) is 5.56 Å². The molecule has 4 rings (SSSR count). The lowest BCUT2D eigenvalue weighted by Crippen LogP contribution is -2.17. The van der Waals surface area contributed by atoms with Crippen LogP contribution in [0.2, 0.25) is 0 Å². The summed E-state index contributed by atoms with van der Waals surface area (Å²) in [6.45, 7) is 2.88. The molecule has 6 heteroatoms. The molecule has 2 aromatic heterocycles. The Balaban J connectivity index is 1.33. The van der Waals surface area contributed by atoms with E-state index in [2.05, 4.69) is 37.6 Å². The Bertz CT molecular complexity index is 904. The second-order valence-electron chi connectivity index (χ2n) is 6.84. The smallest absolute Gasteiger partial charge is 0.257 e. The van der Waals surface area contributed by atoms with Crippen LogP contribution in [0.4, 0.5) is 17.2 Å². The highest BCUT2D eigenvalue weighted by atomic mass is 16.1. The van der Waals surface area contributed by atoms with Gasteiger partial charge in [0.25, 0.3) is 5.91 Å². The van der Waals surface area contributed by atoms with Crippen molar-refractivity contribution in [3.8, 4) is 0 Å². The number of amides is 1. The van der Waals surface area contributed by atoms with Crippen LogP contribution in [0.5, 0.6) is 0 Å². The van der Waals surface area contributed by atoms with Crippen LogP contribution >= 0.6 is 0 Å². The van der Waals surface area contributed by atoms with Crippen molar-refractivity contribution in [3.05, 3.63) is 78.2 Å². The molecule has 0 aliphatic carbocycles. The monoisotopic (exact) mass is 373 g/mol. The fraction of sp³-hybridized carbons (Fsp3) is 0.227. The van der Waals surface area contributed by atoms with E-state index in [1.807, 2.05) is 30.3 Å². The van der Waals surface area contributed by atoms with Gasteiger partial charge in [-0.05, 0) is 66.9 Å². The Morgan fingerprint density at radius 1 is 0.964 bits per heavy atom. The lowest BCUT2D eigenvalue weighted by Gasteiger charge is -2.17. The molecule has 3 aromatic rings.